The fourth-order valence-corrected chi connectivity index (χ4v) is 4.85. The first kappa shape index (κ1) is 17.9. The van der Waals surface area contributed by atoms with Crippen LogP contribution in [0.25, 0.3) is 10.2 Å². The van der Waals surface area contributed by atoms with E-state index >= 15 is 0 Å². The number of carbonyl (C=O) groups excluding carboxylic acids is 1. The van der Waals surface area contributed by atoms with Crippen LogP contribution in [0.5, 0.6) is 0 Å². The summed E-state index contributed by atoms with van der Waals surface area (Å²) in [6, 6.07) is 10.4. The highest BCUT2D eigenvalue weighted by atomic mass is 32.1. The number of amides is 1. The normalized spacial score (nSPS) is 14.4. The molecule has 1 aromatic heterocycles. The Morgan fingerprint density at radius 2 is 1.89 bits per heavy atom. The first-order valence-electron chi connectivity index (χ1n) is 9.49. The van der Waals surface area contributed by atoms with Gasteiger partial charge in [0.2, 0.25) is 0 Å². The highest BCUT2D eigenvalue weighted by Gasteiger charge is 2.14. The van der Waals surface area contributed by atoms with Crippen LogP contribution in [-0.4, -0.2) is 10.5 Å². The predicted octanol–water partition coefficient (Wildman–Crippen LogP) is 5.13. The summed E-state index contributed by atoms with van der Waals surface area (Å²) in [7, 11) is 0. The Hall–Kier alpha value is -2.46. The lowest BCUT2D eigenvalue weighted by molar-refractivity contribution is 0.0997. The number of carbonyl (C=O) groups is 1. The molecule has 3 aromatic rings. The van der Waals surface area contributed by atoms with Crippen LogP contribution < -0.4 is 4.80 Å². The van der Waals surface area contributed by atoms with Gasteiger partial charge in [-0.05, 0) is 86.1 Å². The van der Waals surface area contributed by atoms with Gasteiger partial charge in [0.25, 0.3) is 5.91 Å². The molecule has 0 unspecified atom stereocenters. The Bertz CT molecular complexity index is 1120. The van der Waals surface area contributed by atoms with Crippen molar-refractivity contribution in [3.8, 4) is 0 Å². The molecule has 0 radical (unpaired) electrons. The van der Waals surface area contributed by atoms with Crippen LogP contribution >= 0.6 is 11.3 Å². The summed E-state index contributed by atoms with van der Waals surface area (Å²) in [6.07, 6.45) is 6.48. The molecule has 0 bridgehead atoms. The van der Waals surface area contributed by atoms with E-state index in [9.17, 15) is 4.79 Å². The maximum Gasteiger partial charge on any atom is 0.279 e. The van der Waals surface area contributed by atoms with Crippen molar-refractivity contribution in [3.05, 3.63) is 75.6 Å². The fourth-order valence-electron chi connectivity index (χ4n) is 3.73. The number of fused-ring (bicyclic) bond motifs is 2. The maximum absolute atomic E-state index is 12.9. The van der Waals surface area contributed by atoms with Crippen LogP contribution in [-0.2, 0) is 19.4 Å². The summed E-state index contributed by atoms with van der Waals surface area (Å²) < 4.78 is 3.23. The minimum atomic E-state index is -0.166. The second-order valence-corrected chi connectivity index (χ2v) is 8.30. The Balaban J connectivity index is 1.80. The van der Waals surface area contributed by atoms with Gasteiger partial charge in [0.1, 0.15) is 0 Å². The summed E-state index contributed by atoms with van der Waals surface area (Å²) in [6.45, 7) is 8.73. The van der Waals surface area contributed by atoms with Crippen LogP contribution in [0.15, 0.2) is 48.0 Å². The standard InChI is InChI=1S/C23H24N2OS/c1-4-11-25-20-12-15(2)16(3)13-21(20)27-23(25)24-22(26)19-10-9-17-7-5-6-8-18(17)14-19/h4,9-10,12-14H,1,5-8,11H2,2-3H3. The van der Waals surface area contributed by atoms with E-state index in [1.807, 2.05) is 18.2 Å². The number of aryl methyl sites for hydroxylation is 4. The third kappa shape index (κ3) is 3.42. The molecule has 1 aliphatic carbocycles. The van der Waals surface area contributed by atoms with E-state index in [-0.39, 0.29) is 5.91 Å². The molecule has 0 saturated carbocycles. The van der Waals surface area contributed by atoms with E-state index in [4.69, 9.17) is 0 Å². The van der Waals surface area contributed by atoms with Crippen molar-refractivity contribution in [1.82, 2.24) is 4.57 Å². The topological polar surface area (TPSA) is 34.4 Å². The van der Waals surface area contributed by atoms with Gasteiger partial charge in [0.15, 0.2) is 4.80 Å². The summed E-state index contributed by atoms with van der Waals surface area (Å²) >= 11 is 1.57. The fraction of sp³-hybridized carbons (Fsp3) is 0.304. The van der Waals surface area contributed by atoms with Crippen LogP contribution in [0.1, 0.15) is 45.5 Å². The van der Waals surface area contributed by atoms with Gasteiger partial charge in [-0.2, -0.15) is 4.99 Å². The molecule has 0 fully saturated rings. The number of allylic oxidation sites excluding steroid dienone is 1. The molecule has 27 heavy (non-hydrogen) atoms. The quantitative estimate of drug-likeness (QED) is 0.584. The second kappa shape index (κ2) is 7.28. The smallest absolute Gasteiger partial charge is 0.279 e. The monoisotopic (exact) mass is 376 g/mol. The number of nitrogens with zero attached hydrogens (tertiary/aromatic N) is 2. The molecule has 4 heteroatoms. The molecule has 1 aliphatic rings. The first-order chi connectivity index (χ1) is 13.1. The largest absolute Gasteiger partial charge is 0.312 e. The lowest BCUT2D eigenvalue weighted by atomic mass is 9.90. The third-order valence-electron chi connectivity index (χ3n) is 5.40. The van der Waals surface area contributed by atoms with Crippen LogP contribution in [0, 0.1) is 13.8 Å². The number of hydrogen-bond acceptors (Lipinski definition) is 2. The number of hydrogen-bond donors (Lipinski definition) is 0. The van der Waals surface area contributed by atoms with Crippen LogP contribution in [0.2, 0.25) is 0 Å². The van der Waals surface area contributed by atoms with Gasteiger partial charge >= 0.3 is 0 Å². The molecule has 1 amide bonds. The van der Waals surface area contributed by atoms with Crippen molar-refractivity contribution < 1.29 is 4.79 Å². The SMILES string of the molecule is C=CCn1c(=NC(=O)c2ccc3c(c2)CCCC3)sc2cc(C)c(C)cc21. The molecule has 1 heterocycles. The average molecular weight is 377 g/mol. The van der Waals surface area contributed by atoms with E-state index in [2.05, 4.69) is 48.2 Å². The van der Waals surface area contributed by atoms with Crippen molar-refractivity contribution in [3.63, 3.8) is 0 Å². The summed E-state index contributed by atoms with van der Waals surface area (Å²) in [5.41, 5.74) is 6.98. The molecular weight excluding hydrogens is 352 g/mol. The number of thiazole rings is 1. The molecular formula is C23H24N2OS. The Morgan fingerprint density at radius 1 is 1.15 bits per heavy atom. The first-order valence-corrected chi connectivity index (χ1v) is 10.3. The lowest BCUT2D eigenvalue weighted by Gasteiger charge is -2.15. The lowest BCUT2D eigenvalue weighted by Crippen LogP contribution is -2.16. The van der Waals surface area contributed by atoms with E-state index in [0.717, 1.165) is 27.9 Å². The second-order valence-electron chi connectivity index (χ2n) is 7.30. The van der Waals surface area contributed by atoms with E-state index in [1.54, 1.807) is 11.3 Å². The van der Waals surface area contributed by atoms with Gasteiger partial charge in [0.05, 0.1) is 10.2 Å². The number of rotatable bonds is 3. The molecule has 0 atom stereocenters. The zero-order valence-corrected chi connectivity index (χ0v) is 16.7. The highest BCUT2D eigenvalue weighted by Crippen LogP contribution is 2.24. The van der Waals surface area contributed by atoms with E-state index in [1.165, 1.54) is 35.1 Å². The van der Waals surface area contributed by atoms with Crippen LogP contribution in [0.3, 0.4) is 0 Å². The summed E-state index contributed by atoms with van der Waals surface area (Å²) in [5.74, 6) is -0.166. The maximum atomic E-state index is 12.9. The van der Waals surface area contributed by atoms with Crippen molar-refractivity contribution in [2.45, 2.75) is 46.1 Å². The molecule has 0 saturated heterocycles. The van der Waals surface area contributed by atoms with E-state index in [0.29, 0.717) is 12.1 Å². The molecule has 0 spiro atoms. The summed E-state index contributed by atoms with van der Waals surface area (Å²) in [4.78, 5) is 18.1. The van der Waals surface area contributed by atoms with E-state index < -0.39 is 0 Å². The predicted molar refractivity (Wildman–Crippen MR) is 112 cm³/mol. The average Bonchev–Trinajstić information content (AvgIpc) is 2.98. The zero-order valence-electron chi connectivity index (χ0n) is 15.9. The van der Waals surface area contributed by atoms with Gasteiger partial charge in [-0.15, -0.1) is 6.58 Å². The summed E-state index contributed by atoms with van der Waals surface area (Å²) in [5, 5.41) is 0. The van der Waals surface area contributed by atoms with Gasteiger partial charge < -0.3 is 4.57 Å². The Labute approximate surface area is 163 Å². The molecule has 3 nitrogen and oxygen atoms in total. The third-order valence-corrected chi connectivity index (χ3v) is 6.44. The molecule has 138 valence electrons. The minimum absolute atomic E-state index is 0.166. The highest BCUT2D eigenvalue weighted by molar-refractivity contribution is 7.16. The van der Waals surface area contributed by atoms with Crippen molar-refractivity contribution in [2.75, 3.05) is 0 Å². The minimum Gasteiger partial charge on any atom is -0.312 e. The van der Waals surface area contributed by atoms with Crippen molar-refractivity contribution in [1.29, 1.82) is 0 Å². The molecule has 4 rings (SSSR count). The zero-order chi connectivity index (χ0) is 19.0. The number of aromatic nitrogens is 1. The van der Waals surface area contributed by atoms with Gasteiger partial charge in [0, 0.05) is 12.1 Å². The Morgan fingerprint density at radius 3 is 2.67 bits per heavy atom. The molecule has 2 aromatic carbocycles. The number of benzene rings is 2. The molecule has 0 aliphatic heterocycles. The van der Waals surface area contributed by atoms with Gasteiger partial charge in [-0.1, -0.05) is 23.5 Å². The molecule has 0 N–H and O–H groups in total. The van der Waals surface area contributed by atoms with Crippen LogP contribution in [0.4, 0.5) is 0 Å². The van der Waals surface area contributed by atoms with Gasteiger partial charge in [-0.25, -0.2) is 0 Å². The van der Waals surface area contributed by atoms with Gasteiger partial charge in [-0.3, -0.25) is 4.79 Å². The van der Waals surface area contributed by atoms with Crippen molar-refractivity contribution >= 4 is 27.5 Å². The van der Waals surface area contributed by atoms with Crippen molar-refractivity contribution in [2.24, 2.45) is 4.99 Å². The Kier molecular flexibility index (Phi) is 4.83.